The molecule has 58 nitrogen and oxygen atoms in total. The van der Waals surface area contributed by atoms with E-state index in [4.69, 9.17) is 71.2 Å². The minimum atomic E-state index is -2.08. The zero-order valence-corrected chi connectivity index (χ0v) is 79.1. The molecule has 8 saturated heterocycles. The Morgan fingerprint density at radius 3 is 1.01 bits per heavy atom. The van der Waals surface area contributed by atoms with E-state index < -0.39 is 347 Å². The molecular formula is C85H149N9O49. The van der Waals surface area contributed by atoms with Crippen LogP contribution in [0.4, 0.5) is 0 Å². The topological polar surface area (TPSA) is 874 Å². The molecule has 0 aromatic carbocycles. The van der Waals surface area contributed by atoms with E-state index in [0.29, 0.717) is 75.9 Å². The third-order valence-electron chi connectivity index (χ3n) is 25.3. The van der Waals surface area contributed by atoms with E-state index in [1.807, 2.05) is 9.80 Å². The van der Waals surface area contributed by atoms with Crippen LogP contribution in [0.5, 0.6) is 0 Å². The average molecular weight is 2080 g/mol. The number of imide groups is 1. The molecule has 143 heavy (non-hydrogen) atoms. The normalized spacial score (nSPS) is 35.3. The minimum Gasteiger partial charge on any atom is -0.394 e. The van der Waals surface area contributed by atoms with E-state index in [1.165, 1.54) is 0 Å². The first-order valence-corrected chi connectivity index (χ1v) is 48.1. The Labute approximate surface area is 821 Å². The summed E-state index contributed by atoms with van der Waals surface area (Å²) < 4.78 is 78.8. The Morgan fingerprint density at radius 2 is 0.622 bits per heavy atom. The molecule has 8 rings (SSSR count). The van der Waals surface area contributed by atoms with E-state index in [-0.39, 0.29) is 117 Å². The highest BCUT2D eigenvalue weighted by atomic mass is 16.8. The van der Waals surface area contributed by atoms with Gasteiger partial charge >= 0.3 is 5.97 Å². The molecule has 8 fully saturated rings. The monoisotopic (exact) mass is 2080 g/mol. The predicted octanol–water partition coefficient (Wildman–Crippen LogP) is -18.4. The quantitative estimate of drug-likeness (QED) is 0.0199. The molecule has 0 aromatic rings. The van der Waals surface area contributed by atoms with Crippen LogP contribution in [0, 0.1) is 0 Å². The van der Waals surface area contributed by atoms with Crippen LogP contribution < -0.4 is 26.6 Å². The van der Waals surface area contributed by atoms with Crippen LogP contribution in [0.3, 0.4) is 0 Å². The number of carbonyl (C=O) groups excluding carboxylic acids is 8. The Kier molecular flexibility index (Phi) is 53.7. The molecule has 31 N–H and O–H groups in total. The van der Waals surface area contributed by atoms with Gasteiger partial charge in [-0.05, 0) is 58.0 Å². The van der Waals surface area contributed by atoms with Crippen LogP contribution in [0.25, 0.3) is 0 Å². The summed E-state index contributed by atoms with van der Waals surface area (Å²) >= 11 is 0. The van der Waals surface area contributed by atoms with Crippen molar-refractivity contribution in [2.75, 3.05) is 164 Å². The number of nitrogens with one attached hydrogen (secondary N) is 5. The first-order valence-electron chi connectivity index (χ1n) is 48.1. The molecule has 8 aliphatic rings. The van der Waals surface area contributed by atoms with Gasteiger partial charge in [0.15, 0.2) is 44.0 Å². The van der Waals surface area contributed by atoms with E-state index in [0.717, 1.165) is 4.90 Å². The van der Waals surface area contributed by atoms with E-state index in [2.05, 4.69) is 26.6 Å². The average Bonchev–Trinajstić information content (AvgIpc) is 1.75. The molecule has 8 heterocycles. The van der Waals surface area contributed by atoms with Gasteiger partial charge < -0.3 is 231 Å². The summed E-state index contributed by atoms with van der Waals surface area (Å²) in [5.74, 6) is -6.16. The summed E-state index contributed by atoms with van der Waals surface area (Å²) in [4.78, 5) is 117. The molecule has 828 valence electrons. The van der Waals surface area contributed by atoms with Gasteiger partial charge in [0.1, 0.15) is 177 Å². The fraction of sp³-hybridized carbons (Fsp3) is 0.906. The van der Waals surface area contributed by atoms with Gasteiger partial charge in [0.25, 0.3) is 11.8 Å². The summed E-state index contributed by atoms with van der Waals surface area (Å²) in [5.41, 5.74) is 0. The number of hydrogen-bond donors (Lipinski definition) is 31. The first kappa shape index (κ1) is 122. The second-order valence-corrected chi connectivity index (χ2v) is 36.0. The van der Waals surface area contributed by atoms with Crippen molar-refractivity contribution in [2.24, 2.45) is 0 Å². The number of aliphatic hydroxyl groups is 26. The zero-order chi connectivity index (χ0) is 105. The minimum absolute atomic E-state index is 0.00365. The molecule has 8 aliphatic heterocycles. The van der Waals surface area contributed by atoms with E-state index in [1.54, 1.807) is 0 Å². The number of carbonyl (C=O) groups is 8. The molecule has 58 heteroatoms. The molecule has 0 bridgehead atoms. The summed E-state index contributed by atoms with van der Waals surface area (Å²) in [6, 6.07) is -1.49. The standard InChI is InChI=1S/C85H149N9O49/c95-35-43-57(108)64(115)70(121)79(135-43)130-28-23-91(24-29-131-80-71(122)65(116)58(109)44(36-96)136-80)21-10-3-1-7-17-86-50(101)14-13-42(78(128)89-19-8-2-4-11-22-92(25-30-132-81-72(123)66(117)59(110)45(37-97)137-81)26-31-133-82-73(124)67(118)60(111)46(38-98)138-82)90-53(104)34-93(32-51(102)87-18-9-5-6-12-56(107)143-94-54(105)15-16-55(94)106)33-52(103)88-20-27-129-84-76(127)77(142-85-75(126)69(120)62(113)48(40-100)140-85)63(114)49(141-84)41-134-83-74(125)68(119)61(112)47(39-99)139-83/h42-49,57-77,79-85,95-100,108-127H,1-41H2,(H,86,101)(H,87,102)(H,88,103)(H,89,128)(H,90,104)/t42-,43+,44+,45+,46+,47+,48+,49+,57+,58+,59+,60+,61+,62+,63+,64-,65-,66-,67-,68-,69-,70-,71-,72-,73-,74-,75-,76-,77-,79-,80-,81-,82-,83-,84-,85+/m0/s1. The molecule has 0 unspecified atom stereocenters. The molecule has 36 atom stereocenters. The van der Waals surface area contributed by atoms with Crippen LogP contribution in [0.1, 0.15) is 103 Å². The van der Waals surface area contributed by atoms with Crippen molar-refractivity contribution >= 4 is 47.3 Å². The SMILES string of the molecule is O=C(CC[C@H](NC(=O)CN(CC(=O)NCCCCCC(=O)ON1C(=O)CCC1=O)CC(=O)NCCO[C@H]1O[C@H](CO[C@H]2O[C@H](CO)[C@@H](O)[C@H](O)[C@@H]2O)[C@@H](O)[C@H](O[C@H]2O[C@H](CO)[C@@H](O)[C@H](O)[C@@H]2O)[C@@H]1O)C(=O)NCCCCCCN(CCO[C@H]1O[C@H](CO)[C@@H](O)[C@H](O)[C@@H]1O)CCO[C@H]1O[C@H](CO)[C@@H](O)[C@H](O)[C@@H]1O)NCCCCCCN(CCO[C@H]1O[C@H](CO)[C@@H](O)[C@H](O)[C@@H]1O)CCO[C@H]1O[C@H](CO)[C@@H](O)[C@H](O)[C@@H]1O. The van der Waals surface area contributed by atoms with Crippen molar-refractivity contribution in [3.63, 3.8) is 0 Å². The number of hydroxylamine groups is 2. The van der Waals surface area contributed by atoms with Crippen molar-refractivity contribution in [1.29, 1.82) is 0 Å². The number of amides is 7. The number of nitrogens with zero attached hydrogens (tertiary/aromatic N) is 4. The Morgan fingerprint density at radius 1 is 0.308 bits per heavy atom. The van der Waals surface area contributed by atoms with Crippen molar-refractivity contribution in [3.8, 4) is 0 Å². The van der Waals surface area contributed by atoms with Gasteiger partial charge in [0, 0.05) is 78.0 Å². The molecule has 0 aromatic heterocycles. The molecule has 0 aliphatic carbocycles. The summed E-state index contributed by atoms with van der Waals surface area (Å²) in [6.45, 7) is -8.09. The number of rotatable bonds is 63. The van der Waals surface area contributed by atoms with Gasteiger partial charge in [-0.15, -0.1) is 5.06 Å². The molecule has 0 spiro atoms. The van der Waals surface area contributed by atoms with Crippen molar-refractivity contribution in [1.82, 2.24) is 46.3 Å². The highest BCUT2D eigenvalue weighted by Gasteiger charge is 2.54. The van der Waals surface area contributed by atoms with Gasteiger partial charge in [-0.3, -0.25) is 48.3 Å². The fourth-order valence-corrected chi connectivity index (χ4v) is 16.7. The van der Waals surface area contributed by atoms with Crippen LogP contribution in [0.15, 0.2) is 0 Å². The molecule has 7 amide bonds. The Balaban J connectivity index is 0.923. The lowest BCUT2D eigenvalue weighted by atomic mass is 9.96. The lowest BCUT2D eigenvalue weighted by Crippen LogP contribution is -2.65. The lowest BCUT2D eigenvalue weighted by molar-refractivity contribution is -0.366. The Bertz CT molecular complexity index is 3620. The predicted molar refractivity (Wildman–Crippen MR) is 469 cm³/mol. The molecular weight excluding hydrogens is 1930 g/mol. The fourth-order valence-electron chi connectivity index (χ4n) is 16.7. The summed E-state index contributed by atoms with van der Waals surface area (Å²) in [5, 5.41) is 284. The highest BCUT2D eigenvalue weighted by Crippen LogP contribution is 2.34. The number of aliphatic hydroxyl groups excluding tert-OH is 26. The Hall–Kier alpha value is -5.76. The van der Waals surface area contributed by atoms with Gasteiger partial charge in [0.05, 0.1) is 98.9 Å². The van der Waals surface area contributed by atoms with Crippen LogP contribution in [-0.2, 0) is 110 Å². The van der Waals surface area contributed by atoms with Crippen molar-refractivity contribution < 1.29 is 242 Å². The summed E-state index contributed by atoms with van der Waals surface area (Å²) in [7, 11) is 0. The number of hydrogen-bond acceptors (Lipinski definition) is 52. The second kappa shape index (κ2) is 62.8. The molecule has 0 radical (unpaired) electrons. The van der Waals surface area contributed by atoms with Gasteiger partial charge in [-0.2, -0.15) is 0 Å². The smallest absolute Gasteiger partial charge is 0.333 e. The van der Waals surface area contributed by atoms with Crippen LogP contribution in [0.2, 0.25) is 0 Å². The third kappa shape index (κ3) is 37.1. The number of unbranched alkanes of at least 4 members (excludes halogenated alkanes) is 8. The van der Waals surface area contributed by atoms with Gasteiger partial charge in [-0.25, -0.2) is 4.79 Å². The van der Waals surface area contributed by atoms with E-state index in [9.17, 15) is 171 Å². The van der Waals surface area contributed by atoms with E-state index >= 15 is 0 Å². The summed E-state index contributed by atoms with van der Waals surface area (Å²) in [6.07, 6.45) is -55.9. The van der Waals surface area contributed by atoms with Gasteiger partial charge in [0.2, 0.25) is 29.5 Å². The highest BCUT2D eigenvalue weighted by molar-refractivity contribution is 6.01. The van der Waals surface area contributed by atoms with Crippen LogP contribution >= 0.6 is 0 Å². The largest absolute Gasteiger partial charge is 0.394 e. The van der Waals surface area contributed by atoms with Crippen LogP contribution in [-0.4, -0.2) is 585 Å². The van der Waals surface area contributed by atoms with Crippen molar-refractivity contribution in [3.05, 3.63) is 0 Å². The van der Waals surface area contributed by atoms with Gasteiger partial charge in [-0.1, -0.05) is 32.1 Å². The maximum absolute atomic E-state index is 14.5. The maximum atomic E-state index is 14.5. The third-order valence-corrected chi connectivity index (χ3v) is 25.3. The number of ether oxygens (including phenoxy) is 14. The maximum Gasteiger partial charge on any atom is 0.333 e. The second-order valence-electron chi connectivity index (χ2n) is 36.0. The zero-order valence-electron chi connectivity index (χ0n) is 79.1. The van der Waals surface area contributed by atoms with Crippen molar-refractivity contribution in [2.45, 2.75) is 324 Å². The molecule has 0 saturated carbocycles. The first-order chi connectivity index (χ1) is 68.3. The lowest BCUT2D eigenvalue weighted by Gasteiger charge is -2.46.